The minimum atomic E-state index is 0.744. The van der Waals surface area contributed by atoms with Crippen LogP contribution < -0.4 is 42.8 Å². The molecule has 0 amide bonds. The predicted molar refractivity (Wildman–Crippen MR) is 284 cm³/mol. The number of hydrogen-bond acceptors (Lipinski definition) is 8. The van der Waals surface area contributed by atoms with Gasteiger partial charge in [0.2, 0.25) is 0 Å². The summed E-state index contributed by atoms with van der Waals surface area (Å²) in [6, 6.07) is 74.8. The first-order chi connectivity index (χ1) is 35.6. The average Bonchev–Trinajstić information content (AvgIpc) is 3.45. The molecule has 336 valence electrons. The van der Waals surface area contributed by atoms with Gasteiger partial charge in [-0.1, -0.05) is 146 Å². The molecule has 7 aliphatic rings. The second-order valence-corrected chi connectivity index (χ2v) is 17.7. The van der Waals surface area contributed by atoms with Gasteiger partial charge in [-0.25, -0.2) is 19.9 Å². The fraction of sp³-hybridized carbons (Fsp3) is 0. The minimum Gasteiger partial charge on any atom is -0.255 e. The molecule has 19 rings (SSSR count). The van der Waals surface area contributed by atoms with Crippen LogP contribution >= 0.6 is 0 Å². The topological polar surface area (TPSA) is 101 Å². The van der Waals surface area contributed by atoms with E-state index in [9.17, 15) is 0 Å². The molecule has 0 radical (unpaired) electrons. The molecule has 8 heteroatoms. The molecule has 12 aromatic rings. The number of pyridine rings is 4. The number of nitrogens with zero attached hydrogens (tertiary/aromatic N) is 8. The third-order valence-corrected chi connectivity index (χ3v) is 13.1. The summed E-state index contributed by atoms with van der Waals surface area (Å²) in [5.41, 5.74) is 3.25. The smallest absolute Gasteiger partial charge is 0.0972 e. The molecular formula is C64H40N8. The lowest BCUT2D eigenvalue weighted by Crippen LogP contribution is -2.10. The minimum absolute atomic E-state index is 0.744. The van der Waals surface area contributed by atoms with E-state index >= 15 is 0 Å². The average molecular weight is 921 g/mol. The van der Waals surface area contributed by atoms with Crippen molar-refractivity contribution in [3.63, 3.8) is 0 Å². The molecule has 0 N–H and O–H groups in total. The van der Waals surface area contributed by atoms with Gasteiger partial charge in [0, 0.05) is 21.5 Å². The Morgan fingerprint density at radius 2 is 0.403 bits per heavy atom. The maximum absolute atomic E-state index is 5.04. The molecule has 0 atom stereocenters. The molecule has 0 unspecified atom stereocenters. The van der Waals surface area contributed by atoms with Gasteiger partial charge in [-0.05, 0) is 115 Å². The van der Waals surface area contributed by atoms with Crippen LogP contribution in [0.1, 0.15) is 0 Å². The van der Waals surface area contributed by atoms with Crippen LogP contribution in [0.2, 0.25) is 0 Å². The molecule has 8 nitrogen and oxygen atoms in total. The quantitative estimate of drug-likeness (QED) is 0.147. The van der Waals surface area contributed by atoms with Gasteiger partial charge in [0.25, 0.3) is 0 Å². The fourth-order valence-corrected chi connectivity index (χ4v) is 9.33. The second kappa shape index (κ2) is 18.2. The van der Waals surface area contributed by atoms with Crippen LogP contribution in [-0.4, -0.2) is 19.9 Å². The summed E-state index contributed by atoms with van der Waals surface area (Å²) in [4.78, 5) is 39.5. The van der Waals surface area contributed by atoms with E-state index in [4.69, 9.17) is 39.9 Å². The van der Waals surface area contributed by atoms with Crippen LogP contribution in [0.25, 0.3) is 68.4 Å². The van der Waals surface area contributed by atoms with E-state index in [1.54, 1.807) is 0 Å². The lowest BCUT2D eigenvalue weighted by molar-refractivity contribution is 1.26. The number of hydrogen-bond donors (Lipinski definition) is 0. The summed E-state index contributed by atoms with van der Waals surface area (Å²) in [6.45, 7) is 0. The fourth-order valence-electron chi connectivity index (χ4n) is 9.33. The van der Waals surface area contributed by atoms with Crippen molar-refractivity contribution in [3.05, 3.63) is 303 Å². The first-order valence-electron chi connectivity index (χ1n) is 23.8. The van der Waals surface area contributed by atoms with E-state index in [2.05, 4.69) is 146 Å². The van der Waals surface area contributed by atoms with Crippen molar-refractivity contribution < 1.29 is 0 Å². The maximum atomic E-state index is 5.04. The molecule has 16 bridgehead atoms. The van der Waals surface area contributed by atoms with Crippen molar-refractivity contribution >= 4 is 68.4 Å². The van der Waals surface area contributed by atoms with Crippen LogP contribution in [0.4, 0.5) is 0 Å². The summed E-state index contributed by atoms with van der Waals surface area (Å²) >= 11 is 0. The Morgan fingerprint density at radius 3 is 0.625 bits per heavy atom. The Bertz CT molecular complexity index is 4460. The Balaban J connectivity index is 0.996. The molecule has 0 spiro atoms. The van der Waals surface area contributed by atoms with Crippen LogP contribution in [0, 0.1) is 41.7 Å². The van der Waals surface area contributed by atoms with E-state index < -0.39 is 0 Å². The zero-order valence-electron chi connectivity index (χ0n) is 38.7. The van der Waals surface area contributed by atoms with E-state index in [1.807, 2.05) is 97.6 Å². The van der Waals surface area contributed by atoms with Crippen molar-refractivity contribution in [1.29, 1.82) is 0 Å². The third kappa shape index (κ3) is 8.39. The predicted octanol–water partition coefficient (Wildman–Crippen LogP) is 7.57. The maximum Gasteiger partial charge on any atom is 0.0972 e. The van der Waals surface area contributed by atoms with Crippen molar-refractivity contribution in [2.75, 3.05) is 0 Å². The molecular weight excluding hydrogens is 881 g/mol. The highest BCUT2D eigenvalue weighted by Gasteiger charge is 2.05. The van der Waals surface area contributed by atoms with Gasteiger partial charge in [0.1, 0.15) is 0 Å². The third-order valence-electron chi connectivity index (χ3n) is 13.1. The zero-order valence-corrected chi connectivity index (χ0v) is 38.7. The number of rotatable bonds is 0. The summed E-state index contributed by atoms with van der Waals surface area (Å²) in [5, 5.41) is 19.2. The van der Waals surface area contributed by atoms with Gasteiger partial charge in [0.05, 0.1) is 89.7 Å². The summed E-state index contributed by atoms with van der Waals surface area (Å²) in [6.07, 6.45) is 7.25. The summed E-state index contributed by atoms with van der Waals surface area (Å²) in [5.74, 6) is 0. The highest BCUT2D eigenvalue weighted by molar-refractivity contribution is 6.03. The zero-order chi connectivity index (χ0) is 47.8. The molecule has 0 saturated carbocycles. The van der Waals surface area contributed by atoms with Gasteiger partial charge < -0.3 is 0 Å². The first-order valence-corrected chi connectivity index (χ1v) is 23.8. The molecule has 8 aromatic carbocycles. The molecule has 7 aliphatic heterocycles. The second-order valence-electron chi connectivity index (χ2n) is 17.7. The highest BCUT2D eigenvalue weighted by Crippen LogP contribution is 2.20. The van der Waals surface area contributed by atoms with E-state index in [1.165, 1.54) is 0 Å². The lowest BCUT2D eigenvalue weighted by Gasteiger charge is -2.02. The van der Waals surface area contributed by atoms with Gasteiger partial charge in [0.15, 0.2) is 0 Å². The molecule has 4 aromatic heterocycles. The van der Waals surface area contributed by atoms with Crippen molar-refractivity contribution in [2.24, 2.45) is 20.0 Å². The summed E-state index contributed by atoms with van der Waals surface area (Å²) in [7, 11) is 0. The van der Waals surface area contributed by atoms with Gasteiger partial charge >= 0.3 is 0 Å². The van der Waals surface area contributed by atoms with Crippen LogP contribution in [0.15, 0.2) is 238 Å². The highest BCUT2D eigenvalue weighted by atomic mass is 14.8. The van der Waals surface area contributed by atoms with Gasteiger partial charge in [-0.15, -0.1) is 0 Å². The van der Waals surface area contributed by atoms with Crippen molar-refractivity contribution in [2.45, 2.75) is 0 Å². The largest absolute Gasteiger partial charge is 0.255 e. The van der Waals surface area contributed by atoms with Crippen LogP contribution in [-0.2, 0) is 0 Å². The molecule has 0 fully saturated rings. The molecule has 0 saturated heterocycles. The van der Waals surface area contributed by atoms with E-state index in [0.29, 0.717) is 0 Å². The number of aromatic nitrogens is 4. The SMILES string of the molecule is C1=c2ccc3ccc4ccc(nc4c3n2)=CN=c2ccc(cc2)=c2ccccc2=c2ccc(cc2)=NC=c2ccc3ccc4ccc(nc4c3n2)=CN=c2ccc(cc2)=c2ccccc2=c2ccc(cc2)=N1. The van der Waals surface area contributed by atoms with Crippen molar-refractivity contribution in [3.8, 4) is 0 Å². The van der Waals surface area contributed by atoms with Crippen molar-refractivity contribution in [1.82, 2.24) is 19.9 Å². The van der Waals surface area contributed by atoms with Crippen LogP contribution in [0.3, 0.4) is 0 Å². The first kappa shape index (κ1) is 42.2. The van der Waals surface area contributed by atoms with Crippen LogP contribution in [0.5, 0.6) is 0 Å². The monoisotopic (exact) mass is 920 g/mol. The Kier molecular flexibility index (Phi) is 10.7. The summed E-state index contributed by atoms with van der Waals surface area (Å²) < 4.78 is 0. The number of benzene rings is 8. The normalized spacial score (nSPS) is 12.2. The Morgan fingerprint density at radius 1 is 0.194 bits per heavy atom. The van der Waals surface area contributed by atoms with E-state index in [0.717, 1.165) is 128 Å². The Hall–Kier alpha value is -9.92. The Labute approximate surface area is 409 Å². The standard InChI is InChI=1S/C64H40N8/c1-2-6-58-42-15-27-50(28-16-42)66-38-54-34-22-46-11-12-48-24-36-56(72-64(48)63(46)70-54)40-68-52-31-19-44(20-32-52)60-8-4-3-7-59(60)43-17-29-51(30-18-43)67-39-55-35-23-47-10-9-45-21-33-53(69-61(45)62(47)71-55)37-65-49-25-13-41(14-26-49)57(58)5-1/h1-40H. The molecule has 72 heavy (non-hydrogen) atoms. The van der Waals surface area contributed by atoms with E-state index in [-0.39, 0.29) is 0 Å². The van der Waals surface area contributed by atoms with Gasteiger partial charge in [-0.2, -0.15) is 0 Å². The molecule has 0 aliphatic carbocycles. The lowest BCUT2D eigenvalue weighted by atomic mass is 10.1. The van der Waals surface area contributed by atoms with Gasteiger partial charge in [-0.3, -0.25) is 20.0 Å². The molecule has 11 heterocycles.